The number of rotatable bonds is 5. The van der Waals surface area contributed by atoms with Gasteiger partial charge in [-0.25, -0.2) is 8.42 Å². The first-order valence-electron chi connectivity index (χ1n) is 6.70. The Balaban J connectivity index is 2.12. The van der Waals surface area contributed by atoms with Crippen molar-refractivity contribution in [3.05, 3.63) is 47.7 Å². The van der Waals surface area contributed by atoms with E-state index in [2.05, 4.69) is 4.98 Å². The highest BCUT2D eigenvalue weighted by Gasteiger charge is 2.29. The summed E-state index contributed by atoms with van der Waals surface area (Å²) in [6.45, 7) is 1.90. The van der Waals surface area contributed by atoms with Crippen LogP contribution in [-0.4, -0.2) is 19.2 Å². The van der Waals surface area contributed by atoms with E-state index >= 15 is 0 Å². The lowest BCUT2D eigenvalue weighted by Gasteiger charge is -2.02. The summed E-state index contributed by atoms with van der Waals surface area (Å²) in [7, 11) is -3.80. The van der Waals surface area contributed by atoms with Gasteiger partial charge < -0.3 is 8.83 Å². The van der Waals surface area contributed by atoms with Crippen LogP contribution in [0.25, 0.3) is 11.7 Å². The number of halogens is 1. The molecule has 120 valence electrons. The highest BCUT2D eigenvalue weighted by Crippen LogP contribution is 2.35. The second-order valence-electron chi connectivity index (χ2n) is 4.48. The minimum absolute atomic E-state index is 0.110. The van der Waals surface area contributed by atoms with Crippen molar-refractivity contribution in [3.63, 3.8) is 0 Å². The van der Waals surface area contributed by atoms with Crippen molar-refractivity contribution in [2.45, 2.75) is 21.9 Å². The third-order valence-electron chi connectivity index (χ3n) is 2.95. The molecule has 0 unspecified atom stereocenters. The predicted octanol–water partition coefficient (Wildman–Crippen LogP) is 4.53. The van der Waals surface area contributed by atoms with Crippen LogP contribution in [0, 0.1) is 0 Å². The standard InChI is InChI=1S/C15H12ClNO4S2/c1-2-22-15-14(17-13(21-15)12-4-3-9-20-12)23(18,19)11-7-5-10(16)6-8-11/h3-9H,2H2,1H3. The van der Waals surface area contributed by atoms with Crippen LogP contribution in [0.1, 0.15) is 6.92 Å². The molecule has 23 heavy (non-hydrogen) atoms. The lowest BCUT2D eigenvalue weighted by atomic mass is 10.4. The van der Waals surface area contributed by atoms with E-state index in [9.17, 15) is 8.42 Å². The predicted molar refractivity (Wildman–Crippen MR) is 87.5 cm³/mol. The van der Waals surface area contributed by atoms with Gasteiger partial charge in [0.05, 0.1) is 11.2 Å². The van der Waals surface area contributed by atoms with Gasteiger partial charge in [0.1, 0.15) is 0 Å². The lowest BCUT2D eigenvalue weighted by molar-refractivity contribution is 0.451. The largest absolute Gasteiger partial charge is 0.459 e. The minimum atomic E-state index is -3.80. The summed E-state index contributed by atoms with van der Waals surface area (Å²) in [4.78, 5) is 4.25. The number of benzene rings is 1. The Morgan fingerprint density at radius 1 is 1.22 bits per heavy atom. The first-order valence-corrected chi connectivity index (χ1v) is 9.55. The fourth-order valence-corrected chi connectivity index (χ4v) is 4.30. The van der Waals surface area contributed by atoms with E-state index in [1.54, 1.807) is 12.1 Å². The normalized spacial score (nSPS) is 11.7. The summed E-state index contributed by atoms with van der Waals surface area (Å²) in [5, 5.41) is 0.593. The minimum Gasteiger partial charge on any atom is -0.459 e. The van der Waals surface area contributed by atoms with Crippen LogP contribution in [0.4, 0.5) is 0 Å². The highest BCUT2D eigenvalue weighted by atomic mass is 35.5. The molecule has 2 aromatic heterocycles. The Hall–Kier alpha value is -1.70. The molecule has 2 heterocycles. The van der Waals surface area contributed by atoms with Crippen LogP contribution in [0.2, 0.25) is 5.02 Å². The molecule has 0 amide bonds. The maximum Gasteiger partial charge on any atom is 0.265 e. The van der Waals surface area contributed by atoms with Crippen molar-refractivity contribution in [1.29, 1.82) is 0 Å². The molecular formula is C15H12ClNO4S2. The van der Waals surface area contributed by atoms with E-state index in [4.69, 9.17) is 20.4 Å². The van der Waals surface area contributed by atoms with Crippen molar-refractivity contribution in [1.82, 2.24) is 4.98 Å². The van der Waals surface area contributed by atoms with Crippen molar-refractivity contribution in [3.8, 4) is 11.7 Å². The Kier molecular flexibility index (Phi) is 4.52. The molecule has 3 rings (SSSR count). The van der Waals surface area contributed by atoms with Crippen LogP contribution in [0.5, 0.6) is 0 Å². The van der Waals surface area contributed by atoms with Crippen LogP contribution in [0.15, 0.2) is 66.5 Å². The second kappa shape index (κ2) is 6.43. The first-order chi connectivity index (χ1) is 11.0. The third kappa shape index (κ3) is 3.17. The Morgan fingerprint density at radius 2 is 1.96 bits per heavy atom. The summed E-state index contributed by atoms with van der Waals surface area (Å²) in [5.41, 5.74) is 0. The smallest absolute Gasteiger partial charge is 0.265 e. The molecule has 0 saturated heterocycles. The van der Waals surface area contributed by atoms with Gasteiger partial charge in [0.15, 0.2) is 5.76 Å². The zero-order chi connectivity index (χ0) is 16.4. The van der Waals surface area contributed by atoms with Crippen LogP contribution < -0.4 is 0 Å². The summed E-state index contributed by atoms with van der Waals surface area (Å²) >= 11 is 7.08. The molecule has 5 nitrogen and oxygen atoms in total. The fourth-order valence-electron chi connectivity index (χ4n) is 1.92. The van der Waals surface area contributed by atoms with Crippen LogP contribution >= 0.6 is 23.4 Å². The van der Waals surface area contributed by atoms with Crippen molar-refractivity contribution < 1.29 is 17.3 Å². The van der Waals surface area contributed by atoms with E-state index < -0.39 is 9.84 Å². The fraction of sp³-hybridized carbons (Fsp3) is 0.133. The van der Waals surface area contributed by atoms with Gasteiger partial charge in [0, 0.05) is 5.02 Å². The molecule has 0 atom stereocenters. The molecule has 8 heteroatoms. The summed E-state index contributed by atoms with van der Waals surface area (Å²) in [6.07, 6.45) is 1.47. The van der Waals surface area contributed by atoms with E-state index in [0.29, 0.717) is 16.5 Å². The number of furan rings is 1. The number of sulfone groups is 1. The average Bonchev–Trinajstić information content (AvgIpc) is 3.17. The first kappa shape index (κ1) is 16.2. The Bertz CT molecular complexity index is 900. The van der Waals surface area contributed by atoms with Gasteiger partial charge in [-0.3, -0.25) is 0 Å². The number of nitrogens with zero attached hydrogens (tertiary/aromatic N) is 1. The summed E-state index contributed by atoms with van der Waals surface area (Å²) in [5.74, 6) is 1.16. The van der Waals surface area contributed by atoms with Crippen LogP contribution in [0.3, 0.4) is 0 Å². The topological polar surface area (TPSA) is 73.3 Å². The highest BCUT2D eigenvalue weighted by molar-refractivity contribution is 8.00. The van der Waals surface area contributed by atoms with Crippen molar-refractivity contribution in [2.24, 2.45) is 0 Å². The molecule has 1 aromatic carbocycles. The lowest BCUT2D eigenvalue weighted by Crippen LogP contribution is -2.03. The van der Waals surface area contributed by atoms with Crippen molar-refractivity contribution >= 4 is 33.2 Å². The maximum absolute atomic E-state index is 12.8. The zero-order valence-electron chi connectivity index (χ0n) is 12.0. The van der Waals surface area contributed by atoms with Crippen LogP contribution in [-0.2, 0) is 9.84 Å². The van der Waals surface area contributed by atoms with Gasteiger partial charge in [0.2, 0.25) is 20.0 Å². The quantitative estimate of drug-likeness (QED) is 0.615. The van der Waals surface area contributed by atoms with Gasteiger partial charge in [-0.1, -0.05) is 30.3 Å². The molecule has 0 spiro atoms. The number of oxazole rings is 1. The third-order valence-corrected chi connectivity index (χ3v) is 5.84. The molecule has 0 fully saturated rings. The SMILES string of the molecule is CCSc1oc(-c2ccco2)nc1S(=O)(=O)c1ccc(Cl)cc1. The maximum atomic E-state index is 12.8. The summed E-state index contributed by atoms with van der Waals surface area (Å²) < 4.78 is 36.4. The molecular weight excluding hydrogens is 358 g/mol. The van der Waals surface area contributed by atoms with Gasteiger partial charge in [0.25, 0.3) is 5.89 Å². The van der Waals surface area contributed by atoms with Gasteiger partial charge in [-0.2, -0.15) is 4.98 Å². The molecule has 0 radical (unpaired) electrons. The summed E-state index contributed by atoms with van der Waals surface area (Å²) in [6, 6.07) is 9.27. The molecule has 0 aliphatic heterocycles. The van der Waals surface area contributed by atoms with Gasteiger partial charge in [-0.05, 0) is 42.2 Å². The second-order valence-corrected chi connectivity index (χ2v) is 8.02. The number of thioether (sulfide) groups is 1. The molecule has 3 aromatic rings. The van der Waals surface area contributed by atoms with Crippen molar-refractivity contribution in [2.75, 3.05) is 5.75 Å². The number of hydrogen-bond acceptors (Lipinski definition) is 6. The Morgan fingerprint density at radius 3 is 2.57 bits per heavy atom. The molecule has 0 N–H and O–H groups in total. The van der Waals surface area contributed by atoms with E-state index in [1.807, 2.05) is 6.92 Å². The Labute approximate surface area is 142 Å². The average molecular weight is 370 g/mol. The van der Waals surface area contributed by atoms with Gasteiger partial charge >= 0.3 is 0 Å². The van der Waals surface area contributed by atoms with E-state index in [1.165, 1.54) is 42.3 Å². The van der Waals surface area contributed by atoms with Gasteiger partial charge in [-0.15, -0.1) is 0 Å². The molecule has 0 bridgehead atoms. The number of hydrogen-bond donors (Lipinski definition) is 0. The zero-order valence-corrected chi connectivity index (χ0v) is 14.4. The van der Waals surface area contributed by atoms with E-state index in [0.717, 1.165) is 0 Å². The van der Waals surface area contributed by atoms with E-state index in [-0.39, 0.29) is 20.9 Å². The molecule has 0 aliphatic carbocycles. The molecule has 0 aliphatic rings. The number of aromatic nitrogens is 1. The monoisotopic (exact) mass is 369 g/mol. The molecule has 0 saturated carbocycles.